The van der Waals surface area contributed by atoms with Crippen LogP contribution in [0.1, 0.15) is 65.2 Å². The van der Waals surface area contributed by atoms with Crippen LogP contribution in [-0.4, -0.2) is 23.0 Å². The first-order valence-corrected chi connectivity index (χ1v) is 26.7. The number of nitrogens with zero attached hydrogens (tertiary/aromatic N) is 3. The van der Waals surface area contributed by atoms with Gasteiger partial charge in [-0.05, 0) is 106 Å². The molecule has 0 aliphatic heterocycles. The smallest absolute Gasteiger partial charge is 0.144 e. The maximum Gasteiger partial charge on any atom is 0.144 e. The Morgan fingerprint density at radius 3 is 1.67 bits per heavy atom. The first kappa shape index (κ1) is 49.6. The normalized spacial score (nSPS) is 11.5. The van der Waals surface area contributed by atoms with Crippen LogP contribution in [0.4, 0.5) is 0 Å². The van der Waals surface area contributed by atoms with E-state index in [9.17, 15) is 0 Å². The van der Waals surface area contributed by atoms with Crippen molar-refractivity contribution in [3.8, 4) is 44.9 Å². The molecule has 0 saturated carbocycles. The summed E-state index contributed by atoms with van der Waals surface area (Å²) in [6, 6.07) is 54.8. The van der Waals surface area contributed by atoms with E-state index in [-0.39, 0.29) is 25.5 Å². The molecule has 66 heavy (non-hydrogen) atoms. The Kier molecular flexibility index (Phi) is 16.7. The Morgan fingerprint density at radius 2 is 1.08 bits per heavy atom. The van der Waals surface area contributed by atoms with E-state index in [2.05, 4.69) is 212 Å². The van der Waals surface area contributed by atoms with Gasteiger partial charge in [0.25, 0.3) is 0 Å². The molecule has 0 saturated heterocycles. The van der Waals surface area contributed by atoms with Crippen LogP contribution >= 0.6 is 0 Å². The number of hydrogen-bond acceptors (Lipinski definition) is 4. The van der Waals surface area contributed by atoms with Gasteiger partial charge in [-0.1, -0.05) is 183 Å². The topological polar surface area (TPSA) is 51.8 Å². The number of furan rings is 1. The molecular weight excluding hydrogens is 999 g/mol. The minimum atomic E-state index is -1.33. The van der Waals surface area contributed by atoms with Crippen LogP contribution in [0, 0.1) is 11.8 Å². The van der Waals surface area contributed by atoms with Crippen molar-refractivity contribution < 1.29 is 24.5 Å². The Hall–Kier alpha value is -5.78. The molecule has 0 aliphatic rings. The van der Waals surface area contributed by atoms with Crippen LogP contribution in [-0.2, 0) is 38.4 Å². The van der Waals surface area contributed by atoms with Crippen LogP contribution < -0.4 is 5.19 Å². The number of benzene rings is 5. The summed E-state index contributed by atoms with van der Waals surface area (Å²) >= 11 is 0. The minimum absolute atomic E-state index is 0. The second-order valence-corrected chi connectivity index (χ2v) is 25.0. The van der Waals surface area contributed by atoms with Crippen LogP contribution in [0.2, 0.25) is 19.6 Å². The molecule has 9 rings (SSSR count). The van der Waals surface area contributed by atoms with Crippen LogP contribution in [0.15, 0.2) is 181 Å². The van der Waals surface area contributed by atoms with Crippen molar-refractivity contribution in [2.45, 2.75) is 86.4 Å². The van der Waals surface area contributed by atoms with Crippen LogP contribution in [0.25, 0.3) is 66.8 Å². The molecule has 0 unspecified atom stereocenters. The Balaban J connectivity index is 0.000000171. The van der Waals surface area contributed by atoms with Gasteiger partial charge in [0.2, 0.25) is 0 Å². The molecule has 5 aromatic carbocycles. The molecule has 0 bridgehead atoms. The molecule has 339 valence electrons. The quantitative estimate of drug-likeness (QED) is 0.135. The van der Waals surface area contributed by atoms with Crippen molar-refractivity contribution in [2.24, 2.45) is 11.8 Å². The van der Waals surface area contributed by atoms with Gasteiger partial charge in [0, 0.05) is 66.2 Å². The van der Waals surface area contributed by atoms with Gasteiger partial charge in [-0.25, -0.2) is 0 Å². The number of fused-ring (bicyclic) bond motifs is 3. The van der Waals surface area contributed by atoms with Crippen molar-refractivity contribution in [2.75, 3.05) is 0 Å². The van der Waals surface area contributed by atoms with Crippen molar-refractivity contribution in [3.05, 3.63) is 193 Å². The van der Waals surface area contributed by atoms with Gasteiger partial charge in [-0.2, -0.15) is 0 Å². The van der Waals surface area contributed by atoms with E-state index in [1.54, 1.807) is 0 Å². The predicted molar refractivity (Wildman–Crippen MR) is 280 cm³/mol. The molecule has 0 N–H and O–H groups in total. The molecule has 4 heterocycles. The van der Waals surface area contributed by atoms with Gasteiger partial charge in [-0.15, -0.1) is 0 Å². The molecule has 0 spiro atoms. The van der Waals surface area contributed by atoms with E-state index in [1.807, 2.05) is 42.7 Å². The van der Waals surface area contributed by atoms with Crippen molar-refractivity contribution in [1.82, 2.24) is 15.0 Å². The maximum absolute atomic E-state index is 6.39. The van der Waals surface area contributed by atoms with E-state index in [1.165, 1.54) is 44.1 Å². The van der Waals surface area contributed by atoms with Crippen molar-refractivity contribution in [3.63, 3.8) is 0 Å². The molecular formula is C60H65IrN3OSi. The zero-order valence-electron chi connectivity index (χ0n) is 40.4. The SMILES string of the molecule is CC(C)(C)c1ccnc(-c2cccc3c2oc2cccc(-c4ccccc4)c23)c1.CC(C)Cc1cc(-c2ccccc2)ncc1[Si](C)(C)C.CC(C)Cc1ccnc(-c2ccccc2)c1.[Ir]. The molecule has 6 heteroatoms. The minimum Gasteiger partial charge on any atom is -0.455 e. The standard InChI is InChI=1S/C27H23NO.C18H25NSi.C15H17N.Ir/c1-27(2,3)19-15-16-28-23(17-19)21-12-7-13-22-25-20(18-9-5-4-6-10-18)11-8-14-24(25)29-26(21)22;1-14(2)11-16-12-17(15-9-7-6-8-10-15)19-13-18(16)20(3,4)5;1-12(2)10-13-8-9-16-15(11-13)14-6-4-3-5-7-14;/h4-17H,1-3H3;6-10,12-14H,11H2,1-5H3;3-9,11-12H,10H2,1-2H3;. The van der Waals surface area contributed by atoms with Gasteiger partial charge in [-0.3, -0.25) is 15.0 Å². The predicted octanol–water partition coefficient (Wildman–Crippen LogP) is 16.0. The van der Waals surface area contributed by atoms with Gasteiger partial charge >= 0.3 is 0 Å². The average Bonchev–Trinajstić information content (AvgIpc) is 3.69. The maximum atomic E-state index is 6.39. The fraction of sp³-hybridized carbons (Fsp3) is 0.250. The third-order valence-corrected chi connectivity index (χ3v) is 13.6. The summed E-state index contributed by atoms with van der Waals surface area (Å²) in [5.41, 5.74) is 14.9. The molecule has 4 nitrogen and oxygen atoms in total. The third-order valence-electron chi connectivity index (χ3n) is 11.5. The van der Waals surface area contributed by atoms with Gasteiger partial charge in [0.05, 0.1) is 25.2 Å². The van der Waals surface area contributed by atoms with Crippen molar-refractivity contribution >= 4 is 35.2 Å². The number of rotatable bonds is 9. The first-order chi connectivity index (χ1) is 31.2. The fourth-order valence-corrected chi connectivity index (χ4v) is 9.93. The summed E-state index contributed by atoms with van der Waals surface area (Å²) in [7, 11) is -1.33. The molecule has 0 fully saturated rings. The number of para-hydroxylation sites is 1. The Morgan fingerprint density at radius 1 is 0.530 bits per heavy atom. The van der Waals surface area contributed by atoms with E-state index < -0.39 is 8.07 Å². The summed E-state index contributed by atoms with van der Waals surface area (Å²) in [4.78, 5) is 13.8. The number of pyridine rings is 3. The van der Waals surface area contributed by atoms with Crippen molar-refractivity contribution in [1.29, 1.82) is 0 Å². The zero-order valence-corrected chi connectivity index (χ0v) is 43.8. The largest absolute Gasteiger partial charge is 0.455 e. The third kappa shape index (κ3) is 12.6. The monoisotopic (exact) mass is 1060 g/mol. The summed E-state index contributed by atoms with van der Waals surface area (Å²) in [5.74, 6) is 1.36. The molecule has 9 aromatic rings. The van der Waals surface area contributed by atoms with Gasteiger partial charge in [0.15, 0.2) is 0 Å². The molecule has 1 radical (unpaired) electrons. The average molecular weight is 1060 g/mol. The summed E-state index contributed by atoms with van der Waals surface area (Å²) in [6.07, 6.45) is 8.18. The van der Waals surface area contributed by atoms with E-state index >= 15 is 0 Å². The van der Waals surface area contributed by atoms with Gasteiger partial charge < -0.3 is 4.42 Å². The number of aromatic nitrogens is 3. The van der Waals surface area contributed by atoms with Crippen LogP contribution in [0.5, 0.6) is 0 Å². The summed E-state index contributed by atoms with van der Waals surface area (Å²) in [5, 5.41) is 3.79. The molecule has 0 aliphatic carbocycles. The number of hydrogen-bond donors (Lipinski definition) is 0. The summed E-state index contributed by atoms with van der Waals surface area (Å²) < 4.78 is 6.39. The van der Waals surface area contributed by atoms with Gasteiger partial charge in [0.1, 0.15) is 11.2 Å². The Labute approximate surface area is 408 Å². The fourth-order valence-electron chi connectivity index (χ4n) is 8.34. The van der Waals surface area contributed by atoms with E-state index in [0.29, 0.717) is 11.8 Å². The second kappa shape index (κ2) is 22.1. The summed E-state index contributed by atoms with van der Waals surface area (Å²) in [6.45, 7) is 22.9. The van der Waals surface area contributed by atoms with E-state index in [4.69, 9.17) is 9.40 Å². The zero-order chi connectivity index (χ0) is 46.1. The first-order valence-electron chi connectivity index (χ1n) is 23.2. The van der Waals surface area contributed by atoms with E-state index in [0.717, 1.165) is 57.4 Å². The second-order valence-electron chi connectivity index (χ2n) is 20.0. The molecule has 0 amide bonds. The Bertz CT molecular complexity index is 2950. The molecule has 4 aromatic heterocycles. The van der Waals surface area contributed by atoms with Crippen LogP contribution in [0.3, 0.4) is 0 Å². The molecule has 0 atom stereocenters.